The van der Waals surface area contributed by atoms with Crippen molar-refractivity contribution in [3.8, 4) is 5.75 Å². The molecule has 1 aliphatic heterocycles. The number of ether oxygens (including phenoxy) is 1. The monoisotopic (exact) mass is 298 g/mol. The summed E-state index contributed by atoms with van der Waals surface area (Å²) in [6.07, 6.45) is 4.03. The second kappa shape index (κ2) is 5.44. The van der Waals surface area contributed by atoms with Crippen molar-refractivity contribution >= 4 is 5.91 Å². The average Bonchev–Trinajstić information content (AvgIpc) is 3.25. The lowest BCUT2D eigenvalue weighted by atomic mass is 10.1. The van der Waals surface area contributed by atoms with E-state index in [1.54, 1.807) is 0 Å². The zero-order valence-electron chi connectivity index (χ0n) is 12.3. The fraction of sp³-hybridized carbons (Fsp3) is 0.438. The van der Waals surface area contributed by atoms with Crippen LogP contribution < -0.4 is 4.74 Å². The van der Waals surface area contributed by atoms with Crippen molar-refractivity contribution in [1.29, 1.82) is 0 Å². The van der Waals surface area contributed by atoms with E-state index >= 15 is 0 Å². The summed E-state index contributed by atoms with van der Waals surface area (Å²) in [7, 11) is 0. The smallest absolute Gasteiger partial charge is 0.225 e. The summed E-state index contributed by atoms with van der Waals surface area (Å²) in [6, 6.07) is 9.91. The van der Waals surface area contributed by atoms with Crippen molar-refractivity contribution < 1.29 is 9.53 Å². The van der Waals surface area contributed by atoms with Crippen molar-refractivity contribution in [2.24, 2.45) is 5.92 Å². The highest BCUT2D eigenvalue weighted by Crippen LogP contribution is 2.34. The van der Waals surface area contributed by atoms with Gasteiger partial charge in [0, 0.05) is 19.0 Å². The van der Waals surface area contributed by atoms with Gasteiger partial charge in [0.1, 0.15) is 18.1 Å². The molecule has 22 heavy (non-hydrogen) atoms. The molecule has 0 radical (unpaired) electrons. The van der Waals surface area contributed by atoms with E-state index in [1.807, 2.05) is 46.1 Å². The second-order valence-corrected chi connectivity index (χ2v) is 5.96. The second-order valence-electron chi connectivity index (χ2n) is 5.96. The van der Waals surface area contributed by atoms with E-state index in [1.165, 1.54) is 0 Å². The first-order chi connectivity index (χ1) is 10.8. The molecule has 6 nitrogen and oxygen atoms in total. The normalized spacial score (nSPS) is 18.1. The molecular weight excluding hydrogens is 280 g/mol. The molecule has 1 aromatic carbocycles. The fourth-order valence-electron chi connectivity index (χ4n) is 2.62. The van der Waals surface area contributed by atoms with Gasteiger partial charge >= 0.3 is 0 Å². The minimum absolute atomic E-state index is 0.251. The summed E-state index contributed by atoms with van der Waals surface area (Å²) in [5, 5.41) is 8.29. The Morgan fingerprint density at radius 3 is 2.73 bits per heavy atom. The summed E-state index contributed by atoms with van der Waals surface area (Å²) < 4.78 is 7.50. The van der Waals surface area contributed by atoms with Gasteiger partial charge in [-0.25, -0.2) is 4.68 Å². The first-order valence-corrected chi connectivity index (χ1v) is 7.67. The van der Waals surface area contributed by atoms with Crippen LogP contribution in [-0.2, 0) is 11.4 Å². The highest BCUT2D eigenvalue weighted by molar-refractivity contribution is 5.81. The first kappa shape index (κ1) is 13.3. The van der Waals surface area contributed by atoms with Gasteiger partial charge in [0.25, 0.3) is 0 Å². The van der Waals surface area contributed by atoms with Gasteiger partial charge < -0.3 is 9.64 Å². The Morgan fingerprint density at radius 1 is 1.23 bits per heavy atom. The average molecular weight is 298 g/mol. The molecule has 4 rings (SSSR count). The summed E-state index contributed by atoms with van der Waals surface area (Å²) in [6.45, 7) is 1.90. The Morgan fingerprint density at radius 2 is 2.00 bits per heavy atom. The Bertz CT molecular complexity index is 660. The van der Waals surface area contributed by atoms with Gasteiger partial charge in [-0.15, -0.1) is 5.10 Å². The number of carbonyl (C=O) groups is 1. The van der Waals surface area contributed by atoms with Gasteiger partial charge in [-0.2, -0.15) is 0 Å². The van der Waals surface area contributed by atoms with Crippen LogP contribution in [0.15, 0.2) is 36.5 Å². The molecule has 2 heterocycles. The van der Waals surface area contributed by atoms with Crippen LogP contribution in [-0.4, -0.2) is 38.9 Å². The van der Waals surface area contributed by atoms with Gasteiger partial charge in [-0.05, 0) is 25.0 Å². The van der Waals surface area contributed by atoms with E-state index in [4.69, 9.17) is 4.74 Å². The maximum atomic E-state index is 11.9. The van der Waals surface area contributed by atoms with Crippen molar-refractivity contribution in [1.82, 2.24) is 19.9 Å². The van der Waals surface area contributed by atoms with E-state index in [-0.39, 0.29) is 6.04 Å². The SMILES string of the molecule is O=C(C1CC1)N1CC(n2cc(COc3ccccc3)nn2)C1. The minimum atomic E-state index is 0.251. The van der Waals surface area contributed by atoms with Crippen LogP contribution in [0.2, 0.25) is 0 Å². The van der Waals surface area contributed by atoms with Crippen LogP contribution in [0.4, 0.5) is 0 Å². The number of aromatic nitrogens is 3. The highest BCUT2D eigenvalue weighted by Gasteiger charge is 2.40. The molecule has 0 unspecified atom stereocenters. The predicted molar refractivity (Wildman–Crippen MR) is 79.1 cm³/mol. The van der Waals surface area contributed by atoms with Crippen LogP contribution in [0.25, 0.3) is 0 Å². The van der Waals surface area contributed by atoms with Crippen LogP contribution >= 0.6 is 0 Å². The number of nitrogens with zero attached hydrogens (tertiary/aromatic N) is 4. The third-order valence-corrected chi connectivity index (χ3v) is 4.16. The maximum Gasteiger partial charge on any atom is 0.225 e. The van der Waals surface area contributed by atoms with Crippen LogP contribution in [0.1, 0.15) is 24.6 Å². The topological polar surface area (TPSA) is 60.2 Å². The number of hydrogen-bond donors (Lipinski definition) is 0. The molecule has 114 valence electrons. The third kappa shape index (κ3) is 2.68. The van der Waals surface area contributed by atoms with Crippen molar-refractivity contribution in [2.45, 2.75) is 25.5 Å². The molecule has 1 saturated carbocycles. The number of rotatable bonds is 5. The molecule has 6 heteroatoms. The standard InChI is InChI=1S/C16H18N4O2/c21-16(12-6-7-12)19-9-14(10-19)20-8-13(17-18-20)11-22-15-4-2-1-3-5-15/h1-5,8,12,14H,6-7,9-11H2. The summed E-state index contributed by atoms with van der Waals surface area (Å²) >= 11 is 0. The summed E-state index contributed by atoms with van der Waals surface area (Å²) in [5.74, 6) is 1.43. The van der Waals surface area contributed by atoms with Crippen molar-refractivity contribution in [3.63, 3.8) is 0 Å². The lowest BCUT2D eigenvalue weighted by Crippen LogP contribution is -2.51. The molecule has 0 spiro atoms. The van der Waals surface area contributed by atoms with E-state index < -0.39 is 0 Å². The minimum Gasteiger partial charge on any atom is -0.487 e. The number of amides is 1. The van der Waals surface area contributed by atoms with E-state index in [0.717, 1.165) is 37.4 Å². The van der Waals surface area contributed by atoms with Gasteiger partial charge in [0.15, 0.2) is 0 Å². The van der Waals surface area contributed by atoms with E-state index in [0.29, 0.717) is 18.4 Å². The molecule has 2 fully saturated rings. The molecule has 0 atom stereocenters. The van der Waals surface area contributed by atoms with E-state index in [2.05, 4.69) is 10.3 Å². The molecule has 1 aliphatic carbocycles. The lowest BCUT2D eigenvalue weighted by molar-refractivity contribution is -0.138. The quantitative estimate of drug-likeness (QED) is 0.842. The predicted octanol–water partition coefficient (Wildman–Crippen LogP) is 1.65. The molecule has 0 N–H and O–H groups in total. The lowest BCUT2D eigenvalue weighted by Gasteiger charge is -2.39. The van der Waals surface area contributed by atoms with Crippen LogP contribution in [0.5, 0.6) is 5.75 Å². The molecule has 1 amide bonds. The molecule has 1 saturated heterocycles. The first-order valence-electron chi connectivity index (χ1n) is 7.67. The Hall–Kier alpha value is -2.37. The summed E-state index contributed by atoms with van der Waals surface area (Å²) in [5.41, 5.74) is 0.802. The number of hydrogen-bond acceptors (Lipinski definition) is 4. The number of likely N-dealkylation sites (tertiary alicyclic amines) is 1. The van der Waals surface area contributed by atoms with Gasteiger partial charge in [-0.3, -0.25) is 4.79 Å². The van der Waals surface area contributed by atoms with Gasteiger partial charge in [-0.1, -0.05) is 23.4 Å². The van der Waals surface area contributed by atoms with Gasteiger partial charge in [0.2, 0.25) is 5.91 Å². The zero-order valence-corrected chi connectivity index (χ0v) is 12.3. The maximum absolute atomic E-state index is 11.9. The Kier molecular flexibility index (Phi) is 3.29. The number of carbonyl (C=O) groups excluding carboxylic acids is 1. The molecular formula is C16H18N4O2. The van der Waals surface area contributed by atoms with Crippen molar-refractivity contribution in [3.05, 3.63) is 42.2 Å². The fourth-order valence-corrected chi connectivity index (χ4v) is 2.62. The number of benzene rings is 1. The highest BCUT2D eigenvalue weighted by atomic mass is 16.5. The molecule has 2 aliphatic rings. The molecule has 2 aromatic rings. The third-order valence-electron chi connectivity index (χ3n) is 4.16. The van der Waals surface area contributed by atoms with Gasteiger partial charge in [0.05, 0.1) is 12.2 Å². The Balaban J connectivity index is 1.30. The zero-order chi connectivity index (χ0) is 14.9. The molecule has 1 aromatic heterocycles. The molecule has 0 bridgehead atoms. The largest absolute Gasteiger partial charge is 0.487 e. The van der Waals surface area contributed by atoms with Crippen LogP contribution in [0, 0.1) is 5.92 Å². The number of para-hydroxylation sites is 1. The van der Waals surface area contributed by atoms with Crippen LogP contribution in [0.3, 0.4) is 0 Å². The van der Waals surface area contributed by atoms with Crippen molar-refractivity contribution in [2.75, 3.05) is 13.1 Å². The Labute approximate surface area is 128 Å². The van der Waals surface area contributed by atoms with E-state index in [9.17, 15) is 4.79 Å². The summed E-state index contributed by atoms with van der Waals surface area (Å²) in [4.78, 5) is 13.8.